The summed E-state index contributed by atoms with van der Waals surface area (Å²) < 4.78 is 13.2. The van der Waals surface area contributed by atoms with Gasteiger partial charge in [-0.2, -0.15) is 4.57 Å². The molecule has 2 heterocycles. The second kappa shape index (κ2) is 10.6. The summed E-state index contributed by atoms with van der Waals surface area (Å²) in [5, 5.41) is 2.45. The Kier molecular flexibility index (Phi) is 8.11. The number of rotatable bonds is 7. The normalized spacial score (nSPS) is 13.9. The zero-order valence-corrected chi connectivity index (χ0v) is 21.5. The van der Waals surface area contributed by atoms with Crippen LogP contribution in [0.15, 0.2) is 58.5 Å². The number of aryl methyl sites for hydroxylation is 1. The summed E-state index contributed by atoms with van der Waals surface area (Å²) in [6, 6.07) is 17.0. The Bertz CT molecular complexity index is 1100. The van der Waals surface area contributed by atoms with Gasteiger partial charge in [-0.15, -0.1) is 0 Å². The van der Waals surface area contributed by atoms with Crippen molar-refractivity contribution in [2.75, 3.05) is 25.7 Å². The van der Waals surface area contributed by atoms with Gasteiger partial charge < -0.3 is 38.4 Å². The van der Waals surface area contributed by atoms with E-state index in [0.29, 0.717) is 0 Å². The molecule has 31 heavy (non-hydrogen) atoms. The maximum absolute atomic E-state index is 5.48. The molecule has 0 spiro atoms. The Labute approximate surface area is 206 Å². The molecule has 0 unspecified atom stereocenters. The number of fused-ring (bicyclic) bond motifs is 2. The van der Waals surface area contributed by atoms with Gasteiger partial charge in [0.05, 0.1) is 30.3 Å². The van der Waals surface area contributed by atoms with Crippen LogP contribution in [0.4, 0.5) is 5.69 Å². The van der Waals surface area contributed by atoms with Crippen LogP contribution in [-0.4, -0.2) is 20.8 Å². The quantitative estimate of drug-likeness (QED) is 0.335. The van der Waals surface area contributed by atoms with Gasteiger partial charge in [-0.1, -0.05) is 25.1 Å². The van der Waals surface area contributed by atoms with E-state index in [-0.39, 0.29) is 24.0 Å². The molecule has 0 N–H and O–H groups in total. The lowest BCUT2D eigenvalue weighted by Crippen LogP contribution is -3.00. The third kappa shape index (κ3) is 4.80. The summed E-state index contributed by atoms with van der Waals surface area (Å²) in [5.74, 6) is 1.79. The molecule has 6 heteroatoms. The summed E-state index contributed by atoms with van der Waals surface area (Å²) in [6.07, 6.45) is 4.64. The number of pyridine rings is 1. The lowest BCUT2D eigenvalue weighted by Gasteiger charge is -2.20. The molecular weight excluding hydrogens is 519 g/mol. The van der Waals surface area contributed by atoms with Crippen LogP contribution < -0.4 is 42.9 Å². The third-order valence-electron chi connectivity index (χ3n) is 5.53. The van der Waals surface area contributed by atoms with Gasteiger partial charge in [0.2, 0.25) is 11.2 Å². The van der Waals surface area contributed by atoms with Gasteiger partial charge in [-0.25, -0.2) is 0 Å². The van der Waals surface area contributed by atoms with Gasteiger partial charge in [-0.05, 0) is 43.7 Å². The van der Waals surface area contributed by atoms with Crippen molar-refractivity contribution in [2.24, 2.45) is 0 Å². The number of nitrogens with zero attached hydrogens (tertiary/aromatic N) is 2. The van der Waals surface area contributed by atoms with E-state index < -0.39 is 0 Å². The fraction of sp³-hybridized carbons (Fsp3) is 0.320. The first-order chi connectivity index (χ1) is 14.7. The number of methoxy groups -OCH3 is 2. The number of ether oxygens (including phenoxy) is 2. The number of unbranched alkanes of at least 4 members (excludes halogenated alkanes) is 1. The highest BCUT2D eigenvalue weighted by molar-refractivity contribution is 8.03. The predicted octanol–water partition coefficient (Wildman–Crippen LogP) is 2.88. The monoisotopic (exact) mass is 548 g/mol. The van der Waals surface area contributed by atoms with Crippen LogP contribution in [0, 0.1) is 0 Å². The van der Waals surface area contributed by atoms with Crippen molar-refractivity contribution in [1.29, 1.82) is 0 Å². The number of halogens is 1. The molecule has 164 valence electrons. The van der Waals surface area contributed by atoms with Crippen LogP contribution in [-0.2, 0) is 6.54 Å². The van der Waals surface area contributed by atoms with Crippen molar-refractivity contribution >= 4 is 34.4 Å². The van der Waals surface area contributed by atoms with E-state index in [1.165, 1.54) is 38.6 Å². The number of hydrogen-bond acceptors (Lipinski definition) is 4. The van der Waals surface area contributed by atoms with Crippen LogP contribution >= 0.6 is 11.8 Å². The number of thioether (sulfide) groups is 1. The van der Waals surface area contributed by atoms with Crippen molar-refractivity contribution in [1.82, 2.24) is 0 Å². The van der Waals surface area contributed by atoms with Crippen molar-refractivity contribution in [2.45, 2.75) is 38.1 Å². The first-order valence-corrected chi connectivity index (χ1v) is 11.4. The number of hydrogen-bond donors (Lipinski definition) is 0. The van der Waals surface area contributed by atoms with Gasteiger partial charge >= 0.3 is 0 Å². The third-order valence-corrected chi connectivity index (χ3v) is 6.64. The van der Waals surface area contributed by atoms with E-state index in [9.17, 15) is 0 Å². The molecule has 0 saturated heterocycles. The number of benzene rings is 2. The standard InChI is InChI=1S/C25H29N2O2S.HI/c1-5-7-14-27-23-17-21(29-4)11-13-24(23)30-25(27)16-19-9-8-18-15-20(28-3)10-12-22(18)26(19)6-2;/h8-13,15-17H,5-7,14H2,1-4H3;1H/q+1;/p-1. The van der Waals surface area contributed by atoms with Gasteiger partial charge in [0.1, 0.15) is 18.0 Å². The Morgan fingerprint density at radius 1 is 0.968 bits per heavy atom. The minimum absolute atomic E-state index is 0. The molecule has 0 fully saturated rings. The molecule has 1 aliphatic heterocycles. The van der Waals surface area contributed by atoms with Gasteiger partial charge in [0.15, 0.2) is 0 Å². The first-order valence-electron chi connectivity index (χ1n) is 10.5. The molecule has 0 atom stereocenters. The molecule has 0 saturated carbocycles. The topological polar surface area (TPSA) is 25.6 Å². The van der Waals surface area contributed by atoms with E-state index in [2.05, 4.69) is 65.8 Å². The fourth-order valence-electron chi connectivity index (χ4n) is 3.91. The Morgan fingerprint density at radius 2 is 1.71 bits per heavy atom. The van der Waals surface area contributed by atoms with Crippen molar-refractivity contribution in [3.8, 4) is 11.5 Å². The SMILES string of the molecule is CCCCN1C(=Cc2ccc3cc(OC)ccc3[n+]2CC)Sc2ccc(OC)cc21.[I-]. The molecule has 0 amide bonds. The van der Waals surface area contributed by atoms with Crippen LogP contribution in [0.2, 0.25) is 0 Å². The van der Waals surface area contributed by atoms with Gasteiger partial charge in [0.25, 0.3) is 0 Å². The van der Waals surface area contributed by atoms with E-state index in [0.717, 1.165) is 31.0 Å². The maximum Gasteiger partial charge on any atom is 0.213 e. The molecule has 1 aromatic heterocycles. The Hall–Kier alpha value is -1.93. The second-order valence-electron chi connectivity index (χ2n) is 7.35. The molecule has 4 nitrogen and oxygen atoms in total. The zero-order chi connectivity index (χ0) is 21.1. The minimum atomic E-state index is 0. The number of anilines is 1. The average Bonchev–Trinajstić information content (AvgIpc) is 3.12. The summed E-state index contributed by atoms with van der Waals surface area (Å²) in [5.41, 5.74) is 3.67. The molecule has 0 bridgehead atoms. The lowest BCUT2D eigenvalue weighted by atomic mass is 10.1. The summed E-state index contributed by atoms with van der Waals surface area (Å²) in [7, 11) is 3.44. The summed E-state index contributed by atoms with van der Waals surface area (Å²) >= 11 is 1.84. The van der Waals surface area contributed by atoms with Crippen LogP contribution in [0.25, 0.3) is 17.0 Å². The van der Waals surface area contributed by atoms with E-state index in [1.807, 2.05) is 23.9 Å². The average molecular weight is 548 g/mol. The largest absolute Gasteiger partial charge is 1.00 e. The molecule has 0 aliphatic carbocycles. The van der Waals surface area contributed by atoms with E-state index in [1.54, 1.807) is 14.2 Å². The maximum atomic E-state index is 5.48. The molecule has 3 aromatic rings. The lowest BCUT2D eigenvalue weighted by molar-refractivity contribution is -0.669. The Morgan fingerprint density at radius 3 is 2.42 bits per heavy atom. The van der Waals surface area contributed by atoms with Crippen molar-refractivity contribution in [3.63, 3.8) is 0 Å². The summed E-state index contributed by atoms with van der Waals surface area (Å²) in [4.78, 5) is 3.72. The molecule has 1 aliphatic rings. The highest BCUT2D eigenvalue weighted by Crippen LogP contribution is 2.48. The fourth-order valence-corrected chi connectivity index (χ4v) is 5.03. The van der Waals surface area contributed by atoms with Gasteiger partial charge in [-0.3, -0.25) is 0 Å². The van der Waals surface area contributed by atoms with Crippen LogP contribution in [0.1, 0.15) is 32.4 Å². The highest BCUT2D eigenvalue weighted by atomic mass is 127. The molecule has 0 radical (unpaired) electrons. The highest BCUT2D eigenvalue weighted by Gasteiger charge is 2.27. The first kappa shape index (κ1) is 23.7. The molecular formula is C25H29IN2O2S. The van der Waals surface area contributed by atoms with Gasteiger partial charge in [0, 0.05) is 35.7 Å². The zero-order valence-electron chi connectivity index (χ0n) is 18.5. The second-order valence-corrected chi connectivity index (χ2v) is 8.41. The van der Waals surface area contributed by atoms with Crippen LogP contribution in [0.5, 0.6) is 11.5 Å². The molecule has 2 aromatic carbocycles. The summed E-state index contributed by atoms with van der Waals surface area (Å²) in [6.45, 7) is 6.35. The minimum Gasteiger partial charge on any atom is -1.00 e. The van der Waals surface area contributed by atoms with E-state index in [4.69, 9.17) is 9.47 Å². The predicted molar refractivity (Wildman–Crippen MR) is 125 cm³/mol. The van der Waals surface area contributed by atoms with Crippen LogP contribution in [0.3, 0.4) is 0 Å². The van der Waals surface area contributed by atoms with E-state index >= 15 is 0 Å². The van der Waals surface area contributed by atoms with Crippen molar-refractivity contribution in [3.05, 3.63) is 59.3 Å². The molecule has 4 rings (SSSR count). The Balaban J connectivity index is 0.00000272. The van der Waals surface area contributed by atoms with Crippen molar-refractivity contribution < 1.29 is 38.0 Å². The smallest absolute Gasteiger partial charge is 0.213 e. The number of aromatic nitrogens is 1.